The van der Waals surface area contributed by atoms with Crippen LogP contribution in [0.4, 0.5) is 0 Å². The number of methoxy groups -OCH3 is 1. The van der Waals surface area contributed by atoms with Crippen LogP contribution in [0.5, 0.6) is 0 Å². The molecule has 0 spiro atoms. The van der Waals surface area contributed by atoms with E-state index < -0.39 is 5.97 Å². The molecular weight excluding hydrogens is 200 g/mol. The summed E-state index contributed by atoms with van der Waals surface area (Å²) in [5.74, 6) is -0.394. The highest BCUT2D eigenvalue weighted by Crippen LogP contribution is 1.89. The lowest BCUT2D eigenvalue weighted by Crippen LogP contribution is -2.15. The molecule has 0 aliphatic rings. The summed E-state index contributed by atoms with van der Waals surface area (Å²) in [4.78, 5) is 9.84. The van der Waals surface area contributed by atoms with Gasteiger partial charge in [-0.15, -0.1) is 0 Å². The number of esters is 1. The minimum atomic E-state index is -0.394. The summed E-state index contributed by atoms with van der Waals surface area (Å²) >= 11 is 0. The van der Waals surface area contributed by atoms with Crippen LogP contribution in [0.1, 0.15) is 13.3 Å². The van der Waals surface area contributed by atoms with Crippen LogP contribution in [0.25, 0.3) is 0 Å². The lowest BCUT2D eigenvalue weighted by Gasteiger charge is -2.06. The minimum Gasteiger partial charge on any atom is -0.466 e. The smallest absolute Gasteiger partial charge is 0.329 e. The molecule has 5 heteroatoms. The van der Waals surface area contributed by atoms with Gasteiger partial charge in [0.25, 0.3) is 0 Å². The molecule has 0 aliphatic carbocycles. The third kappa shape index (κ3) is 15.8. The summed E-state index contributed by atoms with van der Waals surface area (Å²) in [5, 5.41) is 17.1. The Morgan fingerprint density at radius 1 is 1.60 bits per heavy atom. The molecule has 90 valence electrons. The van der Waals surface area contributed by atoms with Crippen LogP contribution in [-0.2, 0) is 14.3 Å². The number of ether oxygens (including phenoxy) is 2. The van der Waals surface area contributed by atoms with Crippen molar-refractivity contribution in [3.8, 4) is 0 Å². The molecule has 0 rings (SSSR count). The van der Waals surface area contributed by atoms with E-state index in [0.29, 0.717) is 19.6 Å². The zero-order chi connectivity index (χ0) is 12.1. The Balaban J connectivity index is 0. The van der Waals surface area contributed by atoms with Gasteiger partial charge in [0.2, 0.25) is 0 Å². The second-order valence-electron chi connectivity index (χ2n) is 2.59. The van der Waals surface area contributed by atoms with Crippen molar-refractivity contribution in [2.75, 3.05) is 26.9 Å². The monoisotopic (exact) mass is 220 g/mol. The van der Waals surface area contributed by atoms with Crippen LogP contribution in [0.15, 0.2) is 12.7 Å². The van der Waals surface area contributed by atoms with Crippen molar-refractivity contribution in [1.29, 1.82) is 0 Å². The maximum absolute atomic E-state index is 9.84. The van der Waals surface area contributed by atoms with Gasteiger partial charge in [0.05, 0.1) is 33.0 Å². The summed E-state index contributed by atoms with van der Waals surface area (Å²) < 4.78 is 8.98. The fraction of sp³-hybridized carbons (Fsp3) is 0.700. The molecule has 0 saturated carbocycles. The largest absolute Gasteiger partial charge is 0.466 e. The first-order valence-electron chi connectivity index (χ1n) is 4.69. The van der Waals surface area contributed by atoms with Crippen molar-refractivity contribution in [2.45, 2.75) is 19.4 Å². The average Bonchev–Trinajstić information content (AvgIpc) is 2.28. The third-order valence-corrected chi connectivity index (χ3v) is 1.38. The van der Waals surface area contributed by atoms with E-state index in [1.165, 1.54) is 7.11 Å². The predicted molar refractivity (Wildman–Crippen MR) is 56.4 cm³/mol. The van der Waals surface area contributed by atoms with Crippen LogP contribution in [-0.4, -0.2) is 49.2 Å². The standard InChI is InChI=1S/C6H14O3.C4H6O2/c1-2-6(8)5-9-4-3-7;1-3-4(5)6-2/h6-8H,2-5H2,1H3;3H,1H2,2H3. The van der Waals surface area contributed by atoms with Gasteiger partial charge in [-0.25, -0.2) is 4.79 Å². The molecule has 0 fully saturated rings. The van der Waals surface area contributed by atoms with Gasteiger partial charge in [-0.2, -0.15) is 0 Å². The first kappa shape index (κ1) is 16.5. The summed E-state index contributed by atoms with van der Waals surface area (Å²) in [7, 11) is 1.31. The Kier molecular flexibility index (Phi) is 14.4. The molecule has 1 unspecified atom stereocenters. The van der Waals surface area contributed by atoms with Crippen LogP contribution in [0.2, 0.25) is 0 Å². The van der Waals surface area contributed by atoms with Gasteiger partial charge in [0, 0.05) is 6.08 Å². The van der Waals surface area contributed by atoms with Gasteiger partial charge >= 0.3 is 5.97 Å². The van der Waals surface area contributed by atoms with E-state index in [2.05, 4.69) is 11.3 Å². The van der Waals surface area contributed by atoms with Crippen LogP contribution < -0.4 is 0 Å². The van der Waals surface area contributed by atoms with Gasteiger partial charge in [-0.05, 0) is 6.42 Å². The van der Waals surface area contributed by atoms with Crippen LogP contribution in [0, 0.1) is 0 Å². The van der Waals surface area contributed by atoms with Crippen molar-refractivity contribution in [1.82, 2.24) is 0 Å². The maximum Gasteiger partial charge on any atom is 0.329 e. The number of rotatable bonds is 6. The molecule has 0 aromatic heterocycles. The Morgan fingerprint density at radius 3 is 2.47 bits per heavy atom. The minimum absolute atomic E-state index is 0.0242. The fourth-order valence-corrected chi connectivity index (χ4v) is 0.485. The van der Waals surface area contributed by atoms with E-state index in [-0.39, 0.29) is 12.7 Å². The Bertz CT molecular complexity index is 158. The van der Waals surface area contributed by atoms with Gasteiger partial charge in [-0.3, -0.25) is 0 Å². The summed E-state index contributed by atoms with van der Waals surface area (Å²) in [6.07, 6.45) is 1.43. The van der Waals surface area contributed by atoms with Gasteiger partial charge in [-0.1, -0.05) is 13.5 Å². The highest BCUT2D eigenvalue weighted by Gasteiger charge is 1.97. The molecular formula is C10H20O5. The second kappa shape index (κ2) is 13.1. The number of carbonyl (C=O) groups excluding carboxylic acids is 1. The lowest BCUT2D eigenvalue weighted by molar-refractivity contribution is -0.134. The molecule has 0 bridgehead atoms. The van der Waals surface area contributed by atoms with Crippen molar-refractivity contribution in [3.05, 3.63) is 12.7 Å². The zero-order valence-electron chi connectivity index (χ0n) is 9.31. The molecule has 2 N–H and O–H groups in total. The molecule has 5 nitrogen and oxygen atoms in total. The third-order valence-electron chi connectivity index (χ3n) is 1.38. The molecule has 15 heavy (non-hydrogen) atoms. The molecule has 0 radical (unpaired) electrons. The number of hydrogen-bond acceptors (Lipinski definition) is 5. The van der Waals surface area contributed by atoms with Crippen LogP contribution >= 0.6 is 0 Å². The van der Waals surface area contributed by atoms with E-state index in [9.17, 15) is 4.79 Å². The average molecular weight is 220 g/mol. The predicted octanol–water partition coefficient (Wildman–Crippen LogP) is 0.112. The molecule has 0 aromatic carbocycles. The van der Waals surface area contributed by atoms with E-state index in [1.54, 1.807) is 0 Å². The number of aliphatic hydroxyl groups excluding tert-OH is 2. The quantitative estimate of drug-likeness (QED) is 0.377. The molecule has 0 aromatic rings. The molecule has 0 amide bonds. The van der Waals surface area contributed by atoms with Gasteiger partial charge < -0.3 is 19.7 Å². The topological polar surface area (TPSA) is 76.0 Å². The van der Waals surface area contributed by atoms with E-state index in [0.717, 1.165) is 6.08 Å². The molecule has 0 aliphatic heterocycles. The first-order valence-corrected chi connectivity index (χ1v) is 4.69. The Hall–Kier alpha value is -0.910. The number of carbonyl (C=O) groups is 1. The van der Waals surface area contributed by atoms with Crippen molar-refractivity contribution in [2.24, 2.45) is 0 Å². The van der Waals surface area contributed by atoms with E-state index in [4.69, 9.17) is 14.9 Å². The zero-order valence-corrected chi connectivity index (χ0v) is 9.31. The molecule has 0 saturated heterocycles. The number of aliphatic hydroxyl groups is 2. The fourth-order valence-electron chi connectivity index (χ4n) is 0.485. The van der Waals surface area contributed by atoms with E-state index >= 15 is 0 Å². The lowest BCUT2D eigenvalue weighted by atomic mass is 10.3. The normalized spacial score (nSPS) is 10.9. The van der Waals surface area contributed by atoms with Crippen molar-refractivity contribution < 1.29 is 24.5 Å². The second-order valence-corrected chi connectivity index (χ2v) is 2.59. The highest BCUT2D eigenvalue weighted by atomic mass is 16.5. The SMILES string of the molecule is C=CC(=O)OC.CCC(O)COCCO. The van der Waals surface area contributed by atoms with Crippen molar-refractivity contribution >= 4 is 5.97 Å². The Labute approximate surface area is 90.3 Å². The van der Waals surface area contributed by atoms with Crippen LogP contribution in [0.3, 0.4) is 0 Å². The summed E-state index contributed by atoms with van der Waals surface area (Å²) in [6, 6.07) is 0. The summed E-state index contributed by atoms with van der Waals surface area (Å²) in [5.41, 5.74) is 0. The first-order chi connectivity index (χ1) is 7.12. The Morgan fingerprint density at radius 2 is 2.20 bits per heavy atom. The maximum atomic E-state index is 9.84. The van der Waals surface area contributed by atoms with Gasteiger partial charge in [0.1, 0.15) is 0 Å². The van der Waals surface area contributed by atoms with E-state index in [1.807, 2.05) is 6.92 Å². The summed E-state index contributed by atoms with van der Waals surface area (Å²) in [6.45, 7) is 5.71. The highest BCUT2D eigenvalue weighted by molar-refractivity contribution is 5.80. The van der Waals surface area contributed by atoms with Gasteiger partial charge in [0.15, 0.2) is 0 Å². The molecule has 1 atom stereocenters. The number of hydrogen-bond donors (Lipinski definition) is 2. The van der Waals surface area contributed by atoms with Crippen molar-refractivity contribution in [3.63, 3.8) is 0 Å². The molecule has 0 heterocycles.